The number of carbonyl (C=O) groups excluding carboxylic acids is 2. The summed E-state index contributed by atoms with van der Waals surface area (Å²) in [6.45, 7) is 8.45. The maximum absolute atomic E-state index is 12.9. The van der Waals surface area contributed by atoms with Crippen molar-refractivity contribution < 1.29 is 14.3 Å². The first-order valence-electron chi connectivity index (χ1n) is 9.87. The molecule has 3 rings (SSSR count). The van der Waals surface area contributed by atoms with Gasteiger partial charge in [0.2, 0.25) is 11.8 Å². The first-order chi connectivity index (χ1) is 14.9. The Morgan fingerprint density at radius 2 is 2.06 bits per heavy atom. The van der Waals surface area contributed by atoms with E-state index in [1.54, 1.807) is 23.1 Å². The summed E-state index contributed by atoms with van der Waals surface area (Å²) in [5.74, 6) is 0.341. The maximum atomic E-state index is 12.9. The van der Waals surface area contributed by atoms with E-state index in [1.165, 1.54) is 11.8 Å². The summed E-state index contributed by atoms with van der Waals surface area (Å²) in [7, 11) is 0. The van der Waals surface area contributed by atoms with Crippen molar-refractivity contribution in [2.75, 3.05) is 18.5 Å². The average molecular weight is 458 g/mol. The number of benzene rings is 2. The van der Waals surface area contributed by atoms with Crippen molar-refractivity contribution in [1.82, 2.24) is 4.90 Å². The molecule has 31 heavy (non-hydrogen) atoms. The molecule has 0 bridgehead atoms. The Bertz CT molecular complexity index is 1010. The summed E-state index contributed by atoms with van der Waals surface area (Å²) < 4.78 is 5.45. The quantitative estimate of drug-likeness (QED) is 0.553. The van der Waals surface area contributed by atoms with Gasteiger partial charge in [0.05, 0.1) is 12.3 Å². The second-order valence-corrected chi connectivity index (χ2v) is 8.46. The largest absolute Gasteiger partial charge is 0.494 e. The Morgan fingerprint density at radius 3 is 2.71 bits per heavy atom. The predicted octanol–water partition coefficient (Wildman–Crippen LogP) is 5.19. The van der Waals surface area contributed by atoms with Gasteiger partial charge in [0.15, 0.2) is 5.17 Å². The second-order valence-electron chi connectivity index (χ2n) is 6.88. The highest BCUT2D eigenvalue weighted by atomic mass is 35.5. The van der Waals surface area contributed by atoms with E-state index < -0.39 is 5.25 Å². The second kappa shape index (κ2) is 10.5. The predicted molar refractivity (Wildman–Crippen MR) is 127 cm³/mol. The number of nitrogens with zero attached hydrogens (tertiary/aromatic N) is 2. The van der Waals surface area contributed by atoms with Crippen LogP contribution < -0.4 is 10.1 Å². The Hall–Kier alpha value is -2.77. The molecule has 0 aliphatic carbocycles. The summed E-state index contributed by atoms with van der Waals surface area (Å²) in [5.41, 5.74) is 2.23. The number of thioether (sulfide) groups is 1. The number of carbonyl (C=O) groups is 2. The number of halogens is 1. The fourth-order valence-electron chi connectivity index (χ4n) is 2.97. The molecule has 0 radical (unpaired) electrons. The van der Waals surface area contributed by atoms with Crippen molar-refractivity contribution in [3.8, 4) is 5.75 Å². The minimum Gasteiger partial charge on any atom is -0.494 e. The molecule has 0 aromatic heterocycles. The fraction of sp³-hybridized carbons (Fsp3) is 0.261. The molecule has 2 amide bonds. The van der Waals surface area contributed by atoms with Crippen LogP contribution in [-0.4, -0.2) is 40.3 Å². The highest BCUT2D eigenvalue weighted by Crippen LogP contribution is 2.32. The molecular weight excluding hydrogens is 434 g/mol. The molecule has 2 aromatic carbocycles. The lowest BCUT2D eigenvalue weighted by Gasteiger charge is -2.14. The molecule has 1 N–H and O–H groups in total. The number of aryl methyl sites for hydroxylation is 1. The molecule has 8 heteroatoms. The molecule has 2 aromatic rings. The monoisotopic (exact) mass is 457 g/mol. The van der Waals surface area contributed by atoms with Crippen LogP contribution in [0.15, 0.2) is 60.1 Å². The van der Waals surface area contributed by atoms with E-state index in [1.807, 2.05) is 44.2 Å². The lowest BCUT2D eigenvalue weighted by atomic mass is 10.2. The van der Waals surface area contributed by atoms with Crippen LogP contribution >= 0.6 is 23.4 Å². The zero-order chi connectivity index (χ0) is 22.4. The van der Waals surface area contributed by atoms with Crippen molar-refractivity contribution >= 4 is 51.7 Å². The van der Waals surface area contributed by atoms with E-state index in [0.29, 0.717) is 34.7 Å². The van der Waals surface area contributed by atoms with Crippen LogP contribution in [0, 0.1) is 6.92 Å². The van der Waals surface area contributed by atoms with Crippen LogP contribution in [0.2, 0.25) is 5.02 Å². The Labute approximate surface area is 191 Å². The smallest absolute Gasteiger partial charge is 0.242 e. The highest BCUT2D eigenvalue weighted by molar-refractivity contribution is 8.15. The SMILES string of the molecule is C=CCN1C(=O)C(CC(=O)Nc2ccc(C)c(Cl)c2)SC1=Nc1ccc(OCC)cc1. The van der Waals surface area contributed by atoms with Crippen molar-refractivity contribution in [3.63, 3.8) is 0 Å². The van der Waals surface area contributed by atoms with E-state index in [-0.39, 0.29) is 18.2 Å². The van der Waals surface area contributed by atoms with Crippen LogP contribution in [0.1, 0.15) is 18.9 Å². The molecule has 0 saturated carbocycles. The van der Waals surface area contributed by atoms with Crippen molar-refractivity contribution in [2.24, 2.45) is 4.99 Å². The van der Waals surface area contributed by atoms with E-state index in [0.717, 1.165) is 11.3 Å². The van der Waals surface area contributed by atoms with Gasteiger partial charge in [-0.25, -0.2) is 4.99 Å². The van der Waals surface area contributed by atoms with Gasteiger partial charge >= 0.3 is 0 Å². The van der Waals surface area contributed by atoms with Crippen LogP contribution in [-0.2, 0) is 9.59 Å². The van der Waals surface area contributed by atoms with Gasteiger partial charge < -0.3 is 10.1 Å². The van der Waals surface area contributed by atoms with Gasteiger partial charge in [0.25, 0.3) is 0 Å². The lowest BCUT2D eigenvalue weighted by molar-refractivity contribution is -0.127. The summed E-state index contributed by atoms with van der Waals surface area (Å²) in [6, 6.07) is 12.6. The molecule has 1 heterocycles. The molecule has 162 valence electrons. The number of amides is 2. The molecule has 1 aliphatic heterocycles. The Kier molecular flexibility index (Phi) is 7.76. The molecule has 1 fully saturated rings. The van der Waals surface area contributed by atoms with Gasteiger partial charge in [-0.1, -0.05) is 35.5 Å². The number of hydrogen-bond donors (Lipinski definition) is 1. The van der Waals surface area contributed by atoms with Crippen LogP contribution in [0.3, 0.4) is 0 Å². The average Bonchev–Trinajstić information content (AvgIpc) is 3.01. The number of amidine groups is 1. The zero-order valence-electron chi connectivity index (χ0n) is 17.4. The number of anilines is 1. The first kappa shape index (κ1) is 22.9. The van der Waals surface area contributed by atoms with Crippen molar-refractivity contribution in [2.45, 2.75) is 25.5 Å². The number of rotatable bonds is 8. The van der Waals surface area contributed by atoms with Crippen LogP contribution in [0.5, 0.6) is 5.75 Å². The van der Waals surface area contributed by atoms with Crippen LogP contribution in [0.25, 0.3) is 0 Å². The van der Waals surface area contributed by atoms with Gasteiger partial charge in [-0.3, -0.25) is 14.5 Å². The number of nitrogens with one attached hydrogen (secondary N) is 1. The third-order valence-corrected chi connectivity index (χ3v) is 6.11. The topological polar surface area (TPSA) is 71.0 Å². The van der Waals surface area contributed by atoms with Gasteiger partial charge in [0.1, 0.15) is 11.0 Å². The minimum atomic E-state index is -0.553. The normalized spacial score (nSPS) is 17.1. The van der Waals surface area contributed by atoms with Gasteiger partial charge in [0, 0.05) is 23.7 Å². The van der Waals surface area contributed by atoms with E-state index in [2.05, 4.69) is 16.9 Å². The molecule has 1 unspecified atom stereocenters. The van der Waals surface area contributed by atoms with E-state index in [4.69, 9.17) is 16.3 Å². The van der Waals surface area contributed by atoms with Gasteiger partial charge in [-0.15, -0.1) is 6.58 Å². The van der Waals surface area contributed by atoms with E-state index in [9.17, 15) is 9.59 Å². The molecule has 1 aliphatic rings. The number of hydrogen-bond acceptors (Lipinski definition) is 5. The Balaban J connectivity index is 1.71. The minimum absolute atomic E-state index is 0.0327. The molecule has 1 saturated heterocycles. The van der Waals surface area contributed by atoms with Crippen LogP contribution in [0.4, 0.5) is 11.4 Å². The van der Waals surface area contributed by atoms with Gasteiger partial charge in [-0.2, -0.15) is 0 Å². The molecular formula is C23H24ClN3O3S. The molecule has 0 spiro atoms. The molecule has 6 nitrogen and oxygen atoms in total. The maximum Gasteiger partial charge on any atom is 0.242 e. The summed E-state index contributed by atoms with van der Waals surface area (Å²) in [5, 5.41) is 3.37. The number of ether oxygens (including phenoxy) is 1. The lowest BCUT2D eigenvalue weighted by Crippen LogP contribution is -2.33. The van der Waals surface area contributed by atoms with E-state index >= 15 is 0 Å². The third-order valence-electron chi connectivity index (χ3n) is 4.53. The number of aliphatic imine (C=N–C) groups is 1. The standard InChI is InChI=1S/C23H24ClN3O3S/c1-4-12-27-22(29)20(14-21(28)25-17-7-6-15(3)19(24)13-17)31-23(27)26-16-8-10-18(11-9-16)30-5-2/h4,6-11,13,20H,1,5,12,14H2,2-3H3,(H,25,28). The summed E-state index contributed by atoms with van der Waals surface area (Å²) in [6.07, 6.45) is 1.67. The molecule has 1 atom stereocenters. The zero-order valence-corrected chi connectivity index (χ0v) is 19.0. The highest BCUT2D eigenvalue weighted by Gasteiger charge is 2.38. The fourth-order valence-corrected chi connectivity index (χ4v) is 4.31. The van der Waals surface area contributed by atoms with Gasteiger partial charge in [-0.05, 0) is 55.8 Å². The first-order valence-corrected chi connectivity index (χ1v) is 11.1. The van der Waals surface area contributed by atoms with Crippen molar-refractivity contribution in [3.05, 3.63) is 65.7 Å². The Morgan fingerprint density at radius 1 is 1.32 bits per heavy atom. The van der Waals surface area contributed by atoms with Crippen molar-refractivity contribution in [1.29, 1.82) is 0 Å². The summed E-state index contributed by atoms with van der Waals surface area (Å²) in [4.78, 5) is 31.6. The third kappa shape index (κ3) is 5.89. The summed E-state index contributed by atoms with van der Waals surface area (Å²) >= 11 is 7.40.